The van der Waals surface area contributed by atoms with Gasteiger partial charge in [0.25, 0.3) is 0 Å². The van der Waals surface area contributed by atoms with E-state index in [0.29, 0.717) is 6.61 Å². The van der Waals surface area contributed by atoms with Crippen LogP contribution in [-0.2, 0) is 12.2 Å². The van der Waals surface area contributed by atoms with Gasteiger partial charge in [-0.3, -0.25) is 0 Å². The van der Waals surface area contributed by atoms with Crippen LogP contribution < -0.4 is 4.74 Å². The van der Waals surface area contributed by atoms with Crippen LogP contribution in [0.2, 0.25) is 0 Å². The van der Waals surface area contributed by atoms with E-state index in [9.17, 15) is 5.11 Å². The van der Waals surface area contributed by atoms with Crippen molar-refractivity contribution in [2.24, 2.45) is 0 Å². The standard InChI is InChI=1S/C20H26O2/c1-3-4-8-14-20(2,21)18-12-9-13-19(15-18)22-16-17-10-6-5-7-11-17/h5-7,9-13,15,21H,3-4,8,14,16H2,1-2H3. The summed E-state index contributed by atoms with van der Waals surface area (Å²) in [5.41, 5.74) is 1.28. The van der Waals surface area contributed by atoms with Gasteiger partial charge < -0.3 is 9.84 Å². The highest BCUT2D eigenvalue weighted by molar-refractivity contribution is 5.32. The van der Waals surface area contributed by atoms with Gasteiger partial charge in [-0.05, 0) is 36.6 Å². The Labute approximate surface area is 133 Å². The van der Waals surface area contributed by atoms with Crippen LogP contribution in [0.25, 0.3) is 0 Å². The van der Waals surface area contributed by atoms with E-state index < -0.39 is 5.60 Å². The first-order valence-electron chi connectivity index (χ1n) is 8.11. The maximum Gasteiger partial charge on any atom is 0.120 e. The second-order valence-corrected chi connectivity index (χ2v) is 6.03. The van der Waals surface area contributed by atoms with Gasteiger partial charge in [0.1, 0.15) is 12.4 Å². The molecule has 2 aromatic rings. The van der Waals surface area contributed by atoms with Gasteiger partial charge in [-0.15, -0.1) is 0 Å². The first-order valence-corrected chi connectivity index (χ1v) is 8.11. The van der Waals surface area contributed by atoms with Crippen LogP contribution in [0.1, 0.15) is 50.7 Å². The summed E-state index contributed by atoms with van der Waals surface area (Å²) in [6.07, 6.45) is 4.14. The molecular formula is C20H26O2. The number of unbranched alkanes of at least 4 members (excludes halogenated alkanes) is 2. The molecule has 0 radical (unpaired) electrons. The van der Waals surface area contributed by atoms with Crippen LogP contribution in [0.5, 0.6) is 5.75 Å². The molecule has 1 atom stereocenters. The molecule has 2 rings (SSSR count). The monoisotopic (exact) mass is 298 g/mol. The molecule has 1 N–H and O–H groups in total. The summed E-state index contributed by atoms with van der Waals surface area (Å²) in [6.45, 7) is 4.61. The first kappa shape index (κ1) is 16.6. The summed E-state index contributed by atoms with van der Waals surface area (Å²) >= 11 is 0. The van der Waals surface area contributed by atoms with Gasteiger partial charge in [0.15, 0.2) is 0 Å². The summed E-state index contributed by atoms with van der Waals surface area (Å²) in [6, 6.07) is 17.9. The Morgan fingerprint density at radius 2 is 1.77 bits per heavy atom. The molecule has 0 saturated carbocycles. The summed E-state index contributed by atoms with van der Waals surface area (Å²) < 4.78 is 5.84. The lowest BCUT2D eigenvalue weighted by molar-refractivity contribution is 0.0447. The zero-order chi connectivity index (χ0) is 15.8. The number of hydrogen-bond donors (Lipinski definition) is 1. The molecule has 0 fully saturated rings. The SMILES string of the molecule is CCCCCC(C)(O)c1cccc(OCc2ccccc2)c1. The fourth-order valence-electron chi connectivity index (χ4n) is 2.53. The van der Waals surface area contributed by atoms with Crippen LogP contribution in [0.3, 0.4) is 0 Å². The Morgan fingerprint density at radius 1 is 1.00 bits per heavy atom. The molecule has 0 saturated heterocycles. The normalized spacial score (nSPS) is 13.6. The average molecular weight is 298 g/mol. The van der Waals surface area contributed by atoms with Crippen molar-refractivity contribution in [2.45, 2.75) is 51.7 Å². The van der Waals surface area contributed by atoms with Crippen molar-refractivity contribution >= 4 is 0 Å². The topological polar surface area (TPSA) is 29.5 Å². The lowest BCUT2D eigenvalue weighted by Gasteiger charge is -2.24. The van der Waals surface area contributed by atoms with Gasteiger partial charge >= 0.3 is 0 Å². The highest BCUT2D eigenvalue weighted by atomic mass is 16.5. The fourth-order valence-corrected chi connectivity index (χ4v) is 2.53. The molecule has 0 spiro atoms. The van der Waals surface area contributed by atoms with Gasteiger partial charge in [0, 0.05) is 0 Å². The van der Waals surface area contributed by atoms with E-state index >= 15 is 0 Å². The van der Waals surface area contributed by atoms with Crippen molar-refractivity contribution in [3.63, 3.8) is 0 Å². The van der Waals surface area contributed by atoms with Crippen molar-refractivity contribution in [3.05, 3.63) is 65.7 Å². The molecule has 0 aromatic heterocycles. The van der Waals surface area contributed by atoms with E-state index in [4.69, 9.17) is 4.74 Å². The fraction of sp³-hybridized carbons (Fsp3) is 0.400. The predicted octanol–water partition coefficient (Wildman–Crippen LogP) is 5.05. The summed E-state index contributed by atoms with van der Waals surface area (Å²) in [5.74, 6) is 0.803. The molecule has 22 heavy (non-hydrogen) atoms. The van der Waals surface area contributed by atoms with Crippen molar-refractivity contribution in [1.29, 1.82) is 0 Å². The zero-order valence-corrected chi connectivity index (χ0v) is 13.6. The Morgan fingerprint density at radius 3 is 2.50 bits per heavy atom. The van der Waals surface area contributed by atoms with E-state index in [0.717, 1.165) is 42.6 Å². The predicted molar refractivity (Wildman–Crippen MR) is 90.9 cm³/mol. The molecule has 2 nitrogen and oxygen atoms in total. The third-order valence-corrected chi connectivity index (χ3v) is 3.97. The van der Waals surface area contributed by atoms with Crippen molar-refractivity contribution in [2.75, 3.05) is 0 Å². The minimum atomic E-state index is -0.790. The van der Waals surface area contributed by atoms with Gasteiger partial charge in [0.2, 0.25) is 0 Å². The Kier molecular flexibility index (Phi) is 6.02. The van der Waals surface area contributed by atoms with Crippen LogP contribution in [-0.4, -0.2) is 5.11 Å². The number of aliphatic hydroxyl groups is 1. The molecule has 2 heteroatoms. The highest BCUT2D eigenvalue weighted by Crippen LogP contribution is 2.29. The average Bonchev–Trinajstić information content (AvgIpc) is 2.54. The van der Waals surface area contributed by atoms with E-state index in [1.165, 1.54) is 0 Å². The molecule has 0 bridgehead atoms. The highest BCUT2D eigenvalue weighted by Gasteiger charge is 2.22. The molecular weight excluding hydrogens is 272 g/mol. The molecule has 0 aliphatic rings. The van der Waals surface area contributed by atoms with Crippen LogP contribution in [0.15, 0.2) is 54.6 Å². The van der Waals surface area contributed by atoms with Gasteiger partial charge in [0.05, 0.1) is 5.60 Å². The third-order valence-electron chi connectivity index (χ3n) is 3.97. The van der Waals surface area contributed by atoms with E-state index in [1.54, 1.807) is 0 Å². The largest absolute Gasteiger partial charge is 0.489 e. The van der Waals surface area contributed by atoms with Crippen molar-refractivity contribution in [3.8, 4) is 5.75 Å². The van der Waals surface area contributed by atoms with Gasteiger partial charge in [-0.25, -0.2) is 0 Å². The summed E-state index contributed by atoms with van der Waals surface area (Å²) in [5, 5.41) is 10.7. The number of hydrogen-bond acceptors (Lipinski definition) is 2. The van der Waals surface area contributed by atoms with Gasteiger partial charge in [-0.1, -0.05) is 68.7 Å². The minimum Gasteiger partial charge on any atom is -0.489 e. The zero-order valence-electron chi connectivity index (χ0n) is 13.6. The van der Waals surface area contributed by atoms with Crippen molar-refractivity contribution in [1.82, 2.24) is 0 Å². The maximum absolute atomic E-state index is 10.7. The molecule has 2 aromatic carbocycles. The number of ether oxygens (including phenoxy) is 1. The Bertz CT molecular complexity index is 561. The minimum absolute atomic E-state index is 0.544. The molecule has 0 aliphatic carbocycles. The molecule has 0 heterocycles. The quantitative estimate of drug-likeness (QED) is 0.691. The third kappa shape index (κ3) is 4.88. The molecule has 118 valence electrons. The van der Waals surface area contributed by atoms with Gasteiger partial charge in [-0.2, -0.15) is 0 Å². The Balaban J connectivity index is 2.00. The maximum atomic E-state index is 10.7. The van der Waals surface area contributed by atoms with Crippen molar-refractivity contribution < 1.29 is 9.84 Å². The van der Waals surface area contributed by atoms with Crippen LogP contribution in [0.4, 0.5) is 0 Å². The van der Waals surface area contributed by atoms with E-state index in [1.807, 2.05) is 61.5 Å². The van der Waals surface area contributed by atoms with Crippen LogP contribution >= 0.6 is 0 Å². The lowest BCUT2D eigenvalue weighted by atomic mass is 9.90. The Hall–Kier alpha value is -1.80. The molecule has 0 aliphatic heterocycles. The smallest absolute Gasteiger partial charge is 0.120 e. The van der Waals surface area contributed by atoms with E-state index in [-0.39, 0.29) is 0 Å². The van der Waals surface area contributed by atoms with E-state index in [2.05, 4.69) is 6.92 Å². The molecule has 1 unspecified atom stereocenters. The second kappa shape index (κ2) is 8.00. The number of benzene rings is 2. The summed E-state index contributed by atoms with van der Waals surface area (Å²) in [7, 11) is 0. The molecule has 0 amide bonds. The first-order chi connectivity index (χ1) is 10.6. The lowest BCUT2D eigenvalue weighted by Crippen LogP contribution is -2.21. The number of rotatable bonds is 8. The van der Waals surface area contributed by atoms with Crippen LogP contribution in [0, 0.1) is 0 Å². The summed E-state index contributed by atoms with van der Waals surface area (Å²) in [4.78, 5) is 0. The second-order valence-electron chi connectivity index (χ2n) is 6.03.